The van der Waals surface area contributed by atoms with Crippen molar-refractivity contribution in [2.24, 2.45) is 0 Å². The van der Waals surface area contributed by atoms with Gasteiger partial charge in [0.05, 0.1) is 0 Å². The van der Waals surface area contributed by atoms with E-state index in [4.69, 9.17) is 10.0 Å². The first-order chi connectivity index (χ1) is 5.15. The predicted octanol–water partition coefficient (Wildman–Crippen LogP) is -1.53. The van der Waals surface area contributed by atoms with E-state index in [-0.39, 0.29) is 5.48 Å². The summed E-state index contributed by atoms with van der Waals surface area (Å²) in [5.41, 5.74) is -1.70. The summed E-state index contributed by atoms with van der Waals surface area (Å²) in [4.78, 5) is 22.9. The molecule has 0 bridgehead atoms. The third-order valence-corrected chi connectivity index (χ3v) is 2.25. The van der Waals surface area contributed by atoms with Crippen molar-refractivity contribution in [3.8, 4) is 0 Å². The molecule has 0 atom stereocenters. The molecule has 0 spiro atoms. The number of aromatic nitrogens is 2. The van der Waals surface area contributed by atoms with E-state index in [0.29, 0.717) is 0 Å². The van der Waals surface area contributed by atoms with Gasteiger partial charge >= 0.3 is 20.2 Å². The van der Waals surface area contributed by atoms with Gasteiger partial charge in [-0.2, -0.15) is 4.39 Å². The maximum absolute atomic E-state index is 12.4. The predicted molar refractivity (Wildman–Crippen MR) is 41.9 cm³/mol. The molecule has 65 valence electrons. The van der Waals surface area contributed by atoms with Crippen LogP contribution in [0.1, 0.15) is 0 Å². The molecule has 0 unspecified atom stereocenters. The van der Waals surface area contributed by atoms with Crippen LogP contribution in [0.4, 0.5) is 4.39 Å². The summed E-state index contributed by atoms with van der Waals surface area (Å²) in [6.07, 6.45) is 0.795. The number of rotatable bonds is 1. The molecule has 0 saturated carbocycles. The minimum Gasteiger partial charge on any atom is -0.412 e. The zero-order valence-corrected chi connectivity index (χ0v) is 7.58. The summed E-state index contributed by atoms with van der Waals surface area (Å²) in [6, 6.07) is 0. The zero-order valence-electron chi connectivity index (χ0n) is 5.67. The molecule has 1 aromatic heterocycles. The topological polar surface area (TPSA) is 86.4 Å². The van der Waals surface area contributed by atoms with Crippen LogP contribution in [0, 0.1) is 5.82 Å². The molecular formula is C4H4AlClFN2O3. The van der Waals surface area contributed by atoms with E-state index in [1.165, 1.54) is 0 Å². The molecule has 0 amide bonds. The van der Waals surface area contributed by atoms with E-state index in [2.05, 4.69) is 0 Å². The number of hydrogen-bond acceptors (Lipinski definition) is 2. The van der Waals surface area contributed by atoms with Gasteiger partial charge in [0.2, 0.25) is 5.82 Å². The molecule has 5 nitrogen and oxygen atoms in total. The fraction of sp³-hybridized carbons (Fsp3) is 0. The van der Waals surface area contributed by atoms with Crippen LogP contribution in [-0.4, -0.2) is 28.5 Å². The maximum Gasteiger partial charge on any atom is 0.527 e. The van der Waals surface area contributed by atoms with Crippen LogP contribution in [0.15, 0.2) is 15.8 Å². The zero-order chi connectivity index (χ0) is 8.43. The minimum atomic E-state index is -1.02. The van der Waals surface area contributed by atoms with Crippen molar-refractivity contribution >= 4 is 24.6 Å². The number of nitrogens with one attached hydrogen (secondary N) is 1. The second-order valence-electron chi connectivity index (χ2n) is 1.74. The van der Waals surface area contributed by atoms with E-state index in [9.17, 15) is 14.0 Å². The molecule has 1 heterocycles. The molecule has 0 aliphatic rings. The van der Waals surface area contributed by atoms with E-state index in [1.54, 1.807) is 4.98 Å². The van der Waals surface area contributed by atoms with E-state index in [1.807, 2.05) is 0 Å². The third kappa shape index (κ3) is 2.19. The van der Waals surface area contributed by atoms with E-state index in [0.717, 1.165) is 9.75 Å². The van der Waals surface area contributed by atoms with Crippen LogP contribution in [0.2, 0.25) is 0 Å². The van der Waals surface area contributed by atoms with Crippen molar-refractivity contribution in [1.29, 1.82) is 0 Å². The Labute approximate surface area is 76.2 Å². The second kappa shape index (κ2) is 4.43. The third-order valence-electron chi connectivity index (χ3n) is 1.03. The number of halogens is 2. The molecular weight excluding hydrogens is 205 g/mol. The summed E-state index contributed by atoms with van der Waals surface area (Å²) in [7, 11) is 5.31. The maximum atomic E-state index is 12.4. The lowest BCUT2D eigenvalue weighted by Gasteiger charge is -1.95. The van der Waals surface area contributed by atoms with Gasteiger partial charge in [0.25, 0.3) is 5.56 Å². The van der Waals surface area contributed by atoms with Gasteiger partial charge in [-0.05, 0) is 0 Å². The highest BCUT2D eigenvalue weighted by Gasteiger charge is 2.02. The van der Waals surface area contributed by atoms with Gasteiger partial charge in [0, 0.05) is 6.20 Å². The van der Waals surface area contributed by atoms with Gasteiger partial charge in [-0.1, -0.05) is 0 Å². The fourth-order valence-corrected chi connectivity index (χ4v) is 1.31. The van der Waals surface area contributed by atoms with Crippen molar-refractivity contribution < 1.29 is 9.87 Å². The molecule has 0 saturated heterocycles. The monoisotopic (exact) mass is 209 g/mol. The first kappa shape index (κ1) is 11.4. The Morgan fingerprint density at radius 3 is 2.67 bits per heavy atom. The highest BCUT2D eigenvalue weighted by Crippen LogP contribution is 1.81. The van der Waals surface area contributed by atoms with Crippen LogP contribution < -0.4 is 11.2 Å². The SMILES string of the molecule is O.O=c1[nH]c(=O)[n]([Al][Cl])cc1F. The Morgan fingerprint density at radius 2 is 2.17 bits per heavy atom. The Bertz CT molecular complexity index is 375. The molecule has 1 rings (SSSR count). The molecule has 8 heteroatoms. The first-order valence-electron chi connectivity index (χ1n) is 2.59. The number of aromatic amines is 1. The van der Waals surface area contributed by atoms with Crippen LogP contribution >= 0.6 is 10.0 Å². The van der Waals surface area contributed by atoms with Crippen molar-refractivity contribution in [3.63, 3.8) is 0 Å². The number of H-pyrrole nitrogens is 1. The Morgan fingerprint density at radius 1 is 1.58 bits per heavy atom. The number of hydrogen-bond donors (Lipinski definition) is 1. The second-order valence-corrected chi connectivity index (χ2v) is 3.08. The summed E-state index contributed by atoms with van der Waals surface area (Å²) in [6.45, 7) is 0. The molecule has 1 radical (unpaired) electrons. The first-order valence-corrected chi connectivity index (χ1v) is 4.86. The summed E-state index contributed by atoms with van der Waals surface area (Å²) in [5, 5.41) is 0. The van der Waals surface area contributed by atoms with Crippen molar-refractivity contribution in [2.75, 3.05) is 0 Å². The summed E-state index contributed by atoms with van der Waals surface area (Å²) in [5.74, 6) is -1.00. The average molecular weight is 210 g/mol. The highest BCUT2D eigenvalue weighted by molar-refractivity contribution is 6.92. The van der Waals surface area contributed by atoms with Gasteiger partial charge in [-0.25, -0.2) is 10.0 Å². The van der Waals surface area contributed by atoms with Crippen molar-refractivity contribution in [3.05, 3.63) is 32.9 Å². The highest BCUT2D eigenvalue weighted by atomic mass is 35.6. The Balaban J connectivity index is 0.00000121. The molecule has 1 aromatic rings. The van der Waals surface area contributed by atoms with Gasteiger partial charge in [-0.15, -0.1) is 0 Å². The number of nitrogens with zero attached hydrogens (tertiary/aromatic N) is 1. The largest absolute Gasteiger partial charge is 0.527 e. The van der Waals surface area contributed by atoms with Crippen molar-refractivity contribution in [1.82, 2.24) is 8.53 Å². The molecule has 0 aliphatic heterocycles. The smallest absolute Gasteiger partial charge is 0.412 e. The van der Waals surface area contributed by atoms with Gasteiger partial charge in [-0.3, -0.25) is 14.6 Å². The van der Waals surface area contributed by atoms with E-state index >= 15 is 0 Å². The van der Waals surface area contributed by atoms with E-state index < -0.39 is 31.6 Å². The lowest BCUT2D eigenvalue weighted by molar-refractivity contribution is 0.592. The van der Waals surface area contributed by atoms with Crippen LogP contribution in [0.5, 0.6) is 0 Å². The summed E-state index contributed by atoms with van der Waals surface area (Å²) < 4.78 is 13.3. The minimum absolute atomic E-state index is 0. The van der Waals surface area contributed by atoms with Gasteiger partial charge < -0.3 is 9.03 Å². The average Bonchev–Trinajstić information content (AvgIpc) is 1.97. The lowest BCUT2D eigenvalue weighted by Crippen LogP contribution is -2.32. The molecule has 3 N–H and O–H groups in total. The van der Waals surface area contributed by atoms with Gasteiger partial charge in [0.15, 0.2) is 0 Å². The van der Waals surface area contributed by atoms with Crippen LogP contribution in [0.25, 0.3) is 0 Å². The molecule has 12 heavy (non-hydrogen) atoms. The standard InChI is InChI=1S/C4H3FN2O2.Al.ClH.H2O/c5-2-1-6-4(9)7-3(2)8;;;/h1H,(H2,6,7,8,9);;1H;1H2/q;+2;;/p-2. The van der Waals surface area contributed by atoms with Crippen LogP contribution in [-0.2, 0) is 0 Å². The molecule has 0 fully saturated rings. The molecule has 0 aromatic carbocycles. The Hall–Kier alpha value is -0.608. The molecule has 0 aliphatic carbocycles. The quantitative estimate of drug-likeness (QED) is 0.569. The normalized spacial score (nSPS) is 8.83. The lowest BCUT2D eigenvalue weighted by atomic mass is 10.6. The van der Waals surface area contributed by atoms with Crippen molar-refractivity contribution in [2.45, 2.75) is 0 Å². The summed E-state index contributed by atoms with van der Waals surface area (Å²) >= 11 is -0.860. The Kier molecular flexibility index (Phi) is 4.20. The van der Waals surface area contributed by atoms with Gasteiger partial charge in [0.1, 0.15) is 0 Å². The fourth-order valence-electron chi connectivity index (χ4n) is 0.533. The van der Waals surface area contributed by atoms with Crippen LogP contribution in [0.3, 0.4) is 0 Å².